The predicted octanol–water partition coefficient (Wildman–Crippen LogP) is 3.61. The molecule has 0 amide bonds. The standard InChI is InChI=1S/C9H8N4/c1-7(12-13-10)8-3-5-9(11-2)6-4-8/h3-7H,1H3. The van der Waals surface area contributed by atoms with Gasteiger partial charge in [-0.25, -0.2) is 4.85 Å². The molecule has 1 rings (SSSR count). The van der Waals surface area contributed by atoms with Gasteiger partial charge in [0.1, 0.15) is 0 Å². The minimum atomic E-state index is -0.176. The molecule has 0 fully saturated rings. The van der Waals surface area contributed by atoms with Gasteiger partial charge >= 0.3 is 0 Å². The average Bonchev–Trinajstić information content (AvgIpc) is 2.18. The maximum atomic E-state index is 8.21. The van der Waals surface area contributed by atoms with Crippen LogP contribution < -0.4 is 0 Å². The summed E-state index contributed by atoms with van der Waals surface area (Å²) in [5, 5.41) is 3.55. The number of hydrogen-bond donors (Lipinski definition) is 0. The Morgan fingerprint density at radius 3 is 2.46 bits per heavy atom. The normalized spacial score (nSPS) is 11.1. The largest absolute Gasteiger partial charge is 0.238 e. The molecule has 4 nitrogen and oxygen atoms in total. The van der Waals surface area contributed by atoms with Gasteiger partial charge in [0.05, 0.1) is 12.6 Å². The zero-order chi connectivity index (χ0) is 9.68. The van der Waals surface area contributed by atoms with Gasteiger partial charge in [0, 0.05) is 4.91 Å². The van der Waals surface area contributed by atoms with Crippen molar-refractivity contribution in [1.82, 2.24) is 0 Å². The van der Waals surface area contributed by atoms with E-state index in [1.807, 2.05) is 6.92 Å². The molecule has 1 aromatic carbocycles. The van der Waals surface area contributed by atoms with Crippen LogP contribution in [0.25, 0.3) is 15.3 Å². The predicted molar refractivity (Wildman–Crippen MR) is 50.3 cm³/mol. The summed E-state index contributed by atoms with van der Waals surface area (Å²) in [4.78, 5) is 5.98. The lowest BCUT2D eigenvalue weighted by molar-refractivity contribution is 0.808. The maximum absolute atomic E-state index is 8.21. The van der Waals surface area contributed by atoms with Gasteiger partial charge in [0.25, 0.3) is 0 Å². The van der Waals surface area contributed by atoms with Crippen LogP contribution in [-0.4, -0.2) is 0 Å². The molecule has 0 aliphatic rings. The molecule has 0 aromatic heterocycles. The van der Waals surface area contributed by atoms with Crippen molar-refractivity contribution in [2.24, 2.45) is 5.11 Å². The summed E-state index contributed by atoms with van der Waals surface area (Å²) in [6.45, 7) is 8.56. The Labute approximate surface area is 76.3 Å². The molecule has 0 aliphatic heterocycles. The third-order valence-corrected chi connectivity index (χ3v) is 1.73. The Hall–Kier alpha value is -1.98. The second-order valence-electron chi connectivity index (χ2n) is 2.58. The monoisotopic (exact) mass is 172 g/mol. The van der Waals surface area contributed by atoms with E-state index in [0.29, 0.717) is 5.69 Å². The fraction of sp³-hybridized carbons (Fsp3) is 0.222. The van der Waals surface area contributed by atoms with Crippen molar-refractivity contribution in [2.45, 2.75) is 13.0 Å². The van der Waals surface area contributed by atoms with Gasteiger partial charge in [0.2, 0.25) is 0 Å². The topological polar surface area (TPSA) is 53.1 Å². The van der Waals surface area contributed by atoms with E-state index in [4.69, 9.17) is 12.1 Å². The minimum absolute atomic E-state index is 0.176. The highest BCUT2D eigenvalue weighted by Crippen LogP contribution is 2.20. The van der Waals surface area contributed by atoms with Crippen molar-refractivity contribution in [3.8, 4) is 0 Å². The van der Waals surface area contributed by atoms with Crippen molar-refractivity contribution in [1.29, 1.82) is 0 Å². The van der Waals surface area contributed by atoms with E-state index in [0.717, 1.165) is 5.56 Å². The van der Waals surface area contributed by atoms with E-state index >= 15 is 0 Å². The van der Waals surface area contributed by atoms with Gasteiger partial charge in [-0.15, -0.1) is 0 Å². The van der Waals surface area contributed by atoms with E-state index in [-0.39, 0.29) is 6.04 Å². The number of rotatable bonds is 2. The molecule has 1 unspecified atom stereocenters. The lowest BCUT2D eigenvalue weighted by Gasteiger charge is -2.03. The molecule has 0 saturated carbocycles. The molecular formula is C9H8N4. The van der Waals surface area contributed by atoms with Crippen LogP contribution in [-0.2, 0) is 0 Å². The highest BCUT2D eigenvalue weighted by atomic mass is 15.1. The molecule has 0 N–H and O–H groups in total. The van der Waals surface area contributed by atoms with Crippen LogP contribution >= 0.6 is 0 Å². The van der Waals surface area contributed by atoms with Crippen molar-refractivity contribution in [3.05, 3.63) is 51.7 Å². The van der Waals surface area contributed by atoms with Crippen LogP contribution in [0.2, 0.25) is 0 Å². The second kappa shape index (κ2) is 4.15. The van der Waals surface area contributed by atoms with Crippen molar-refractivity contribution < 1.29 is 0 Å². The van der Waals surface area contributed by atoms with E-state index in [1.54, 1.807) is 24.3 Å². The quantitative estimate of drug-likeness (QED) is 0.283. The summed E-state index contributed by atoms with van der Waals surface area (Å²) < 4.78 is 0. The Morgan fingerprint density at radius 2 is 2.00 bits per heavy atom. The Morgan fingerprint density at radius 1 is 1.38 bits per heavy atom. The zero-order valence-electron chi connectivity index (χ0n) is 7.18. The number of benzene rings is 1. The lowest BCUT2D eigenvalue weighted by atomic mass is 10.1. The Bertz CT molecular complexity index is 368. The molecule has 0 saturated heterocycles. The molecule has 1 aromatic rings. The summed E-state index contributed by atoms with van der Waals surface area (Å²) in [5.41, 5.74) is 9.72. The fourth-order valence-electron chi connectivity index (χ4n) is 0.972. The van der Waals surface area contributed by atoms with Crippen LogP contribution in [0.1, 0.15) is 18.5 Å². The summed E-state index contributed by atoms with van der Waals surface area (Å²) in [6.07, 6.45) is 0. The molecule has 0 aliphatic carbocycles. The number of hydrogen-bond acceptors (Lipinski definition) is 1. The van der Waals surface area contributed by atoms with E-state index in [1.165, 1.54) is 0 Å². The molecule has 0 bridgehead atoms. The molecule has 0 heterocycles. The van der Waals surface area contributed by atoms with Crippen LogP contribution in [0.3, 0.4) is 0 Å². The third kappa shape index (κ3) is 2.22. The molecule has 13 heavy (non-hydrogen) atoms. The SMILES string of the molecule is [C-]#[N+]c1ccc(C(C)N=[N+]=[N-])cc1. The fourth-order valence-corrected chi connectivity index (χ4v) is 0.972. The first kappa shape index (κ1) is 9.11. The first-order valence-corrected chi connectivity index (χ1v) is 3.79. The first-order chi connectivity index (χ1) is 6.27. The Kier molecular flexibility index (Phi) is 2.91. The maximum Gasteiger partial charge on any atom is 0.187 e. The number of nitrogens with zero attached hydrogens (tertiary/aromatic N) is 4. The molecule has 64 valence electrons. The highest BCUT2D eigenvalue weighted by molar-refractivity contribution is 5.45. The second-order valence-corrected chi connectivity index (χ2v) is 2.58. The third-order valence-electron chi connectivity index (χ3n) is 1.73. The van der Waals surface area contributed by atoms with Gasteiger partial charge in [0.15, 0.2) is 5.69 Å². The van der Waals surface area contributed by atoms with Gasteiger partial charge < -0.3 is 0 Å². The molecule has 1 atom stereocenters. The summed E-state index contributed by atoms with van der Waals surface area (Å²) in [5.74, 6) is 0. The van der Waals surface area contributed by atoms with Crippen LogP contribution in [0.5, 0.6) is 0 Å². The summed E-state index contributed by atoms with van der Waals surface area (Å²) in [7, 11) is 0. The molecule has 4 heteroatoms. The number of azide groups is 1. The molecule has 0 radical (unpaired) electrons. The van der Waals surface area contributed by atoms with Crippen molar-refractivity contribution in [3.63, 3.8) is 0 Å². The molecule has 0 spiro atoms. The van der Waals surface area contributed by atoms with Gasteiger partial charge in [-0.3, -0.25) is 0 Å². The average molecular weight is 172 g/mol. The highest BCUT2D eigenvalue weighted by Gasteiger charge is 2.01. The van der Waals surface area contributed by atoms with Crippen LogP contribution in [0, 0.1) is 6.57 Å². The minimum Gasteiger partial charge on any atom is -0.238 e. The zero-order valence-corrected chi connectivity index (χ0v) is 7.18. The van der Waals surface area contributed by atoms with Gasteiger partial charge in [-0.2, -0.15) is 0 Å². The van der Waals surface area contributed by atoms with E-state index < -0.39 is 0 Å². The molecular weight excluding hydrogens is 164 g/mol. The summed E-state index contributed by atoms with van der Waals surface area (Å²) in [6, 6.07) is 6.85. The lowest BCUT2D eigenvalue weighted by Crippen LogP contribution is -1.85. The Balaban J connectivity index is 2.93. The first-order valence-electron chi connectivity index (χ1n) is 3.79. The van der Waals surface area contributed by atoms with E-state index in [2.05, 4.69) is 14.9 Å². The van der Waals surface area contributed by atoms with Crippen molar-refractivity contribution >= 4 is 5.69 Å². The van der Waals surface area contributed by atoms with E-state index in [9.17, 15) is 0 Å². The summed E-state index contributed by atoms with van der Waals surface area (Å²) >= 11 is 0. The van der Waals surface area contributed by atoms with Gasteiger partial charge in [-0.1, -0.05) is 36.3 Å². The van der Waals surface area contributed by atoms with Crippen LogP contribution in [0.4, 0.5) is 5.69 Å². The van der Waals surface area contributed by atoms with Gasteiger partial charge in [-0.05, 0) is 11.1 Å². The van der Waals surface area contributed by atoms with Crippen LogP contribution in [0.15, 0.2) is 29.4 Å². The smallest absolute Gasteiger partial charge is 0.187 e. The van der Waals surface area contributed by atoms with Crippen molar-refractivity contribution in [2.75, 3.05) is 0 Å².